The molecule has 1 aliphatic heterocycles. The number of thiazole rings is 1. The summed E-state index contributed by atoms with van der Waals surface area (Å²) in [4.78, 5) is 18.8. The number of rotatable bonds is 6. The van der Waals surface area contributed by atoms with Crippen molar-refractivity contribution in [3.05, 3.63) is 77.3 Å². The van der Waals surface area contributed by atoms with Crippen LogP contribution in [0.3, 0.4) is 0 Å². The number of nitrogens with zero attached hydrogens (tertiary/aromatic N) is 2. The van der Waals surface area contributed by atoms with Crippen LogP contribution in [0, 0.1) is 0 Å². The number of carbonyl (C=O) groups excluding carboxylic acids is 1. The maximum Gasteiger partial charge on any atom is 0.263 e. The SMILES string of the molecule is O=C(c1ccc(S(=O)(=O)Nc2nccs2)cc1)N1CCCO[C@H]1Cc1ccccc1. The van der Waals surface area contributed by atoms with Crippen LogP contribution in [0.5, 0.6) is 0 Å². The van der Waals surface area contributed by atoms with Crippen molar-refractivity contribution < 1.29 is 17.9 Å². The van der Waals surface area contributed by atoms with Gasteiger partial charge < -0.3 is 9.64 Å². The molecule has 1 atom stereocenters. The van der Waals surface area contributed by atoms with Crippen LogP contribution in [0.15, 0.2) is 71.1 Å². The first-order valence-electron chi connectivity index (χ1n) is 9.52. The minimum atomic E-state index is -3.75. The first kappa shape index (κ1) is 20.5. The molecule has 1 aliphatic rings. The quantitative estimate of drug-likeness (QED) is 0.631. The minimum Gasteiger partial charge on any atom is -0.358 e. The Balaban J connectivity index is 1.49. The number of amides is 1. The molecule has 4 rings (SSSR count). The number of sulfonamides is 1. The van der Waals surface area contributed by atoms with Gasteiger partial charge in [0.2, 0.25) is 0 Å². The lowest BCUT2D eigenvalue weighted by molar-refractivity contribution is -0.0761. The highest BCUT2D eigenvalue weighted by molar-refractivity contribution is 7.93. The van der Waals surface area contributed by atoms with E-state index >= 15 is 0 Å². The number of carbonyl (C=O) groups is 1. The van der Waals surface area contributed by atoms with Gasteiger partial charge in [0.05, 0.1) is 11.5 Å². The van der Waals surface area contributed by atoms with E-state index in [1.807, 2.05) is 30.3 Å². The maximum atomic E-state index is 13.1. The van der Waals surface area contributed by atoms with Crippen LogP contribution in [0.4, 0.5) is 5.13 Å². The zero-order chi connectivity index (χ0) is 21.0. The van der Waals surface area contributed by atoms with Gasteiger partial charge in [-0.2, -0.15) is 0 Å². The fourth-order valence-electron chi connectivity index (χ4n) is 3.30. The summed E-state index contributed by atoms with van der Waals surface area (Å²) in [5, 5.41) is 1.98. The first-order valence-corrected chi connectivity index (χ1v) is 11.9. The molecule has 0 spiro atoms. The molecule has 0 bridgehead atoms. The van der Waals surface area contributed by atoms with E-state index in [1.165, 1.54) is 41.8 Å². The zero-order valence-electron chi connectivity index (χ0n) is 16.1. The molecular weight excluding hydrogens is 422 g/mol. The largest absolute Gasteiger partial charge is 0.358 e. The van der Waals surface area contributed by atoms with Crippen molar-refractivity contribution in [2.75, 3.05) is 17.9 Å². The number of hydrogen-bond acceptors (Lipinski definition) is 6. The van der Waals surface area contributed by atoms with Gasteiger partial charge in [0.25, 0.3) is 15.9 Å². The summed E-state index contributed by atoms with van der Waals surface area (Å²) in [7, 11) is -3.75. The molecule has 30 heavy (non-hydrogen) atoms. The van der Waals surface area contributed by atoms with E-state index in [2.05, 4.69) is 9.71 Å². The second-order valence-corrected chi connectivity index (χ2v) is 9.41. The highest BCUT2D eigenvalue weighted by atomic mass is 32.2. The standard InChI is InChI=1S/C21H21N3O4S2/c25-20(24-12-4-13-28-19(24)15-16-5-2-1-3-6-16)17-7-9-18(10-8-17)30(26,27)23-21-22-11-14-29-21/h1-3,5-11,14,19H,4,12-13,15H2,(H,22,23)/t19-/m0/s1. The summed E-state index contributed by atoms with van der Waals surface area (Å²) in [6.07, 6.45) is 2.55. The summed E-state index contributed by atoms with van der Waals surface area (Å²) in [5.74, 6) is -0.174. The lowest BCUT2D eigenvalue weighted by Crippen LogP contribution is -2.47. The predicted octanol–water partition coefficient (Wildman–Crippen LogP) is 3.38. The third-order valence-electron chi connectivity index (χ3n) is 4.78. The fourth-order valence-corrected chi connectivity index (χ4v) is 5.08. The van der Waals surface area contributed by atoms with Crippen molar-refractivity contribution in [3.8, 4) is 0 Å². The topological polar surface area (TPSA) is 88.6 Å². The van der Waals surface area contributed by atoms with Gasteiger partial charge in [-0.1, -0.05) is 30.3 Å². The number of nitrogens with one attached hydrogen (secondary N) is 1. The third-order valence-corrected chi connectivity index (χ3v) is 6.95. The van der Waals surface area contributed by atoms with E-state index in [-0.39, 0.29) is 17.0 Å². The van der Waals surface area contributed by atoms with Gasteiger partial charge in [0.15, 0.2) is 5.13 Å². The first-order chi connectivity index (χ1) is 14.5. The van der Waals surface area contributed by atoms with Crippen molar-refractivity contribution in [1.29, 1.82) is 0 Å². The second kappa shape index (κ2) is 8.95. The number of hydrogen-bond donors (Lipinski definition) is 1. The minimum absolute atomic E-state index is 0.0741. The van der Waals surface area contributed by atoms with Crippen LogP contribution in [0.2, 0.25) is 0 Å². The van der Waals surface area contributed by atoms with Gasteiger partial charge in [-0.25, -0.2) is 13.4 Å². The zero-order valence-corrected chi connectivity index (χ0v) is 17.7. The van der Waals surface area contributed by atoms with Gasteiger partial charge in [0.1, 0.15) is 6.23 Å². The van der Waals surface area contributed by atoms with Crippen molar-refractivity contribution in [2.24, 2.45) is 0 Å². The van der Waals surface area contributed by atoms with E-state index in [0.29, 0.717) is 30.3 Å². The summed E-state index contributed by atoms with van der Waals surface area (Å²) >= 11 is 1.20. The summed E-state index contributed by atoms with van der Waals surface area (Å²) < 4.78 is 33.2. The predicted molar refractivity (Wildman–Crippen MR) is 115 cm³/mol. The van der Waals surface area contributed by atoms with Crippen molar-refractivity contribution in [2.45, 2.75) is 24.0 Å². The fraction of sp³-hybridized carbons (Fsp3) is 0.238. The van der Waals surface area contributed by atoms with Crippen molar-refractivity contribution >= 4 is 32.4 Å². The average molecular weight is 444 g/mol. The molecule has 1 saturated heterocycles. The Kier molecular flexibility index (Phi) is 6.12. The molecule has 156 valence electrons. The van der Waals surface area contributed by atoms with E-state index < -0.39 is 10.0 Å². The Morgan fingerprint density at radius 1 is 1.17 bits per heavy atom. The smallest absolute Gasteiger partial charge is 0.263 e. The number of anilines is 1. The summed E-state index contributed by atoms with van der Waals surface area (Å²) in [5.41, 5.74) is 1.52. The van der Waals surface area contributed by atoms with Gasteiger partial charge >= 0.3 is 0 Å². The lowest BCUT2D eigenvalue weighted by atomic mass is 10.1. The molecule has 9 heteroatoms. The van der Waals surface area contributed by atoms with Crippen LogP contribution in [0.25, 0.3) is 0 Å². The molecule has 1 amide bonds. The molecule has 7 nitrogen and oxygen atoms in total. The molecule has 0 aliphatic carbocycles. The molecule has 3 aromatic rings. The maximum absolute atomic E-state index is 13.1. The molecule has 0 radical (unpaired) electrons. The average Bonchev–Trinajstić information content (AvgIpc) is 3.27. The van der Waals surface area contributed by atoms with Crippen LogP contribution in [0.1, 0.15) is 22.3 Å². The molecule has 0 unspecified atom stereocenters. The highest BCUT2D eigenvalue weighted by Gasteiger charge is 2.28. The number of benzene rings is 2. The van der Waals surface area contributed by atoms with Crippen molar-refractivity contribution in [3.63, 3.8) is 0 Å². The molecule has 2 aromatic carbocycles. The Bertz CT molecular complexity index is 1090. The molecule has 1 fully saturated rings. The highest BCUT2D eigenvalue weighted by Crippen LogP contribution is 2.21. The van der Waals surface area contributed by atoms with Crippen LogP contribution in [-0.4, -0.2) is 43.6 Å². The van der Waals surface area contributed by atoms with E-state index in [9.17, 15) is 13.2 Å². The second-order valence-electron chi connectivity index (χ2n) is 6.83. The normalized spacial score (nSPS) is 16.9. The Morgan fingerprint density at radius 3 is 2.63 bits per heavy atom. The van der Waals surface area contributed by atoms with E-state index in [4.69, 9.17) is 4.74 Å². The summed E-state index contributed by atoms with van der Waals surface area (Å²) in [6, 6.07) is 15.8. The van der Waals surface area contributed by atoms with Crippen LogP contribution >= 0.6 is 11.3 Å². The molecular formula is C21H21N3O4S2. The Labute approximate surface area is 179 Å². The van der Waals surface area contributed by atoms with Gasteiger partial charge in [-0.3, -0.25) is 9.52 Å². The Hall–Kier alpha value is -2.75. The van der Waals surface area contributed by atoms with Gasteiger partial charge in [-0.05, 0) is 36.2 Å². The lowest BCUT2D eigenvalue weighted by Gasteiger charge is -2.36. The molecule has 1 N–H and O–H groups in total. The Morgan fingerprint density at radius 2 is 1.93 bits per heavy atom. The number of aromatic nitrogens is 1. The van der Waals surface area contributed by atoms with Crippen LogP contribution in [-0.2, 0) is 21.2 Å². The van der Waals surface area contributed by atoms with Crippen molar-refractivity contribution in [1.82, 2.24) is 9.88 Å². The van der Waals surface area contributed by atoms with E-state index in [0.717, 1.165) is 12.0 Å². The van der Waals surface area contributed by atoms with E-state index in [1.54, 1.807) is 10.3 Å². The monoisotopic (exact) mass is 443 g/mol. The third kappa shape index (κ3) is 4.69. The molecule has 1 aromatic heterocycles. The van der Waals surface area contributed by atoms with Gasteiger partial charge in [0, 0.05) is 30.1 Å². The summed E-state index contributed by atoms with van der Waals surface area (Å²) in [6.45, 7) is 1.21. The van der Waals surface area contributed by atoms with Crippen LogP contribution < -0.4 is 4.72 Å². The molecule has 2 heterocycles. The molecule has 0 saturated carbocycles. The van der Waals surface area contributed by atoms with Gasteiger partial charge in [-0.15, -0.1) is 11.3 Å². The number of ether oxygens (including phenoxy) is 1.